The Kier molecular flexibility index (Phi) is 5.51. The van der Waals surface area contributed by atoms with Crippen LogP contribution < -0.4 is 10.6 Å². The van der Waals surface area contributed by atoms with Gasteiger partial charge in [-0.15, -0.1) is 0 Å². The quantitative estimate of drug-likeness (QED) is 0.454. The molecular weight excluding hydrogens is 420 g/mol. The first-order valence-corrected chi connectivity index (χ1v) is 11.2. The number of nitrogens with one attached hydrogen (secondary N) is 2. The van der Waals surface area contributed by atoms with E-state index >= 15 is 0 Å². The van der Waals surface area contributed by atoms with Crippen LogP contribution in [0.5, 0.6) is 0 Å². The van der Waals surface area contributed by atoms with E-state index < -0.39 is 10.0 Å². The van der Waals surface area contributed by atoms with Gasteiger partial charge in [-0.25, -0.2) is 12.4 Å². The van der Waals surface area contributed by atoms with E-state index in [1.807, 2.05) is 50.4 Å². The molecule has 0 spiro atoms. The zero-order valence-electron chi connectivity index (χ0n) is 16.6. The summed E-state index contributed by atoms with van der Waals surface area (Å²) < 4.78 is 27.9. The summed E-state index contributed by atoms with van der Waals surface area (Å²) >= 11 is 6.35. The van der Waals surface area contributed by atoms with Crippen LogP contribution in [0.15, 0.2) is 72.0 Å². The first-order valence-electron chi connectivity index (χ1n) is 9.38. The number of hydrogen-bond donors (Lipinski definition) is 2. The third kappa shape index (κ3) is 3.67. The summed E-state index contributed by atoms with van der Waals surface area (Å²) in [6.07, 6.45) is 4.56. The number of nitrogens with zero attached hydrogens (tertiary/aromatic N) is 2. The van der Waals surface area contributed by atoms with Gasteiger partial charge < -0.3 is 10.6 Å². The highest BCUT2D eigenvalue weighted by Gasteiger charge is 2.21. The summed E-state index contributed by atoms with van der Waals surface area (Å²) in [5, 5.41) is 7.88. The molecule has 0 radical (unpaired) electrons. The lowest BCUT2D eigenvalue weighted by molar-refractivity contribution is 0.588. The fourth-order valence-corrected chi connectivity index (χ4v) is 5.04. The van der Waals surface area contributed by atoms with Crippen molar-refractivity contribution in [3.63, 3.8) is 0 Å². The Hall–Kier alpha value is -2.87. The van der Waals surface area contributed by atoms with Crippen molar-refractivity contribution < 1.29 is 8.42 Å². The van der Waals surface area contributed by atoms with E-state index in [1.165, 1.54) is 10.2 Å². The van der Waals surface area contributed by atoms with Crippen LogP contribution in [-0.4, -0.2) is 24.4 Å². The van der Waals surface area contributed by atoms with E-state index in [0.717, 1.165) is 27.9 Å². The molecule has 2 aromatic carbocycles. The van der Waals surface area contributed by atoms with Crippen LogP contribution in [0.1, 0.15) is 11.1 Å². The molecule has 0 aliphatic carbocycles. The van der Waals surface area contributed by atoms with E-state index in [1.54, 1.807) is 24.5 Å². The summed E-state index contributed by atoms with van der Waals surface area (Å²) in [4.78, 5) is 4.10. The number of rotatable bonds is 6. The Morgan fingerprint density at radius 1 is 1.13 bits per heavy atom. The fraction of sp³-hybridized carbons (Fsp3) is 0.136. The molecule has 4 rings (SSSR count). The third-order valence-corrected chi connectivity index (χ3v) is 6.88. The highest BCUT2D eigenvalue weighted by molar-refractivity contribution is 7.90. The first-order chi connectivity index (χ1) is 14.4. The van der Waals surface area contributed by atoms with Crippen molar-refractivity contribution in [2.75, 3.05) is 12.4 Å². The minimum Gasteiger partial charge on any atom is -0.354 e. The number of hydrogen-bond acceptors (Lipinski definition) is 5. The number of halogens is 1. The average molecular weight is 441 g/mol. The van der Waals surface area contributed by atoms with Gasteiger partial charge in [-0.3, -0.25) is 4.98 Å². The summed E-state index contributed by atoms with van der Waals surface area (Å²) in [7, 11) is -1.97. The van der Waals surface area contributed by atoms with Crippen molar-refractivity contribution in [2.24, 2.45) is 0 Å². The lowest BCUT2D eigenvalue weighted by atomic mass is 10.1. The second-order valence-corrected chi connectivity index (χ2v) is 9.19. The maximum Gasteiger partial charge on any atom is 0.269 e. The summed E-state index contributed by atoms with van der Waals surface area (Å²) in [5.41, 5.74) is 4.01. The fourth-order valence-electron chi connectivity index (χ4n) is 3.42. The third-order valence-electron chi connectivity index (χ3n) is 4.90. The van der Waals surface area contributed by atoms with Crippen LogP contribution in [0.3, 0.4) is 0 Å². The van der Waals surface area contributed by atoms with Crippen LogP contribution in [0, 0.1) is 6.92 Å². The molecule has 0 fully saturated rings. The normalized spacial score (nSPS) is 11.7. The van der Waals surface area contributed by atoms with Gasteiger partial charge in [-0.1, -0.05) is 29.8 Å². The zero-order chi connectivity index (χ0) is 21.3. The van der Waals surface area contributed by atoms with Crippen molar-refractivity contribution in [1.29, 1.82) is 0 Å². The van der Waals surface area contributed by atoms with Gasteiger partial charge in [-0.05, 0) is 55.4 Å². The molecule has 0 atom stereocenters. The van der Waals surface area contributed by atoms with Crippen molar-refractivity contribution >= 4 is 43.9 Å². The average Bonchev–Trinajstić information content (AvgIpc) is 3.10. The van der Waals surface area contributed by atoms with Crippen LogP contribution in [-0.2, 0) is 16.6 Å². The first kappa shape index (κ1) is 20.4. The standard InChI is InChI=1S/C22H21ClN4O2S/c1-15-5-3-7-20(23)22(15)26-17-8-9-19-16(12-24-2)14-27(21(19)11-17)30(28,29)18-6-4-10-25-13-18/h3-11,13-14,24,26H,12H2,1-2H3. The van der Waals surface area contributed by atoms with E-state index in [2.05, 4.69) is 15.6 Å². The Bertz CT molecular complexity index is 1300. The summed E-state index contributed by atoms with van der Waals surface area (Å²) in [5.74, 6) is 0. The van der Waals surface area contributed by atoms with Gasteiger partial charge in [0.1, 0.15) is 4.90 Å². The van der Waals surface area contributed by atoms with Gasteiger partial charge in [0.2, 0.25) is 0 Å². The minimum absolute atomic E-state index is 0.137. The number of anilines is 2. The van der Waals surface area contributed by atoms with Gasteiger partial charge in [-0.2, -0.15) is 0 Å². The van der Waals surface area contributed by atoms with Gasteiger partial charge in [0.25, 0.3) is 10.0 Å². The molecule has 0 aliphatic heterocycles. The largest absolute Gasteiger partial charge is 0.354 e. The second kappa shape index (κ2) is 8.10. The predicted octanol–water partition coefficient (Wildman–Crippen LogP) is 4.70. The lowest BCUT2D eigenvalue weighted by Crippen LogP contribution is -2.12. The number of pyridine rings is 1. The van der Waals surface area contributed by atoms with Gasteiger partial charge in [0, 0.05) is 36.2 Å². The zero-order valence-corrected chi connectivity index (χ0v) is 18.1. The molecule has 2 N–H and O–H groups in total. The van der Waals surface area contributed by atoms with E-state index in [-0.39, 0.29) is 4.90 Å². The van der Waals surface area contributed by atoms with Crippen LogP contribution >= 0.6 is 11.6 Å². The van der Waals surface area contributed by atoms with Crippen LogP contribution in [0.2, 0.25) is 5.02 Å². The number of para-hydroxylation sites is 1. The molecule has 2 heterocycles. The topological polar surface area (TPSA) is 76.0 Å². The summed E-state index contributed by atoms with van der Waals surface area (Å²) in [6.45, 7) is 2.51. The predicted molar refractivity (Wildman–Crippen MR) is 121 cm³/mol. The van der Waals surface area contributed by atoms with Crippen molar-refractivity contribution in [2.45, 2.75) is 18.4 Å². The van der Waals surface area contributed by atoms with Crippen molar-refractivity contribution in [1.82, 2.24) is 14.3 Å². The molecule has 0 unspecified atom stereocenters. The Morgan fingerprint density at radius 3 is 2.67 bits per heavy atom. The van der Waals surface area contributed by atoms with Crippen LogP contribution in [0.4, 0.5) is 11.4 Å². The molecule has 0 saturated heterocycles. The highest BCUT2D eigenvalue weighted by Crippen LogP contribution is 2.32. The second-order valence-electron chi connectivity index (χ2n) is 6.96. The Balaban J connectivity index is 1.87. The SMILES string of the molecule is CNCc1cn(S(=O)(=O)c2cccnc2)c2cc(Nc3c(C)cccc3Cl)ccc12. The molecule has 30 heavy (non-hydrogen) atoms. The Morgan fingerprint density at radius 2 is 1.97 bits per heavy atom. The van der Waals surface area contributed by atoms with Crippen LogP contribution in [0.25, 0.3) is 10.9 Å². The minimum atomic E-state index is -3.80. The highest BCUT2D eigenvalue weighted by atomic mass is 35.5. The molecule has 154 valence electrons. The van der Waals surface area contributed by atoms with E-state index in [4.69, 9.17) is 11.6 Å². The van der Waals surface area contributed by atoms with Crippen molar-refractivity contribution in [3.8, 4) is 0 Å². The molecule has 6 nitrogen and oxygen atoms in total. The lowest BCUT2D eigenvalue weighted by Gasteiger charge is -2.13. The molecule has 0 bridgehead atoms. The molecule has 0 saturated carbocycles. The molecule has 0 aliphatic rings. The molecule has 2 aromatic heterocycles. The maximum atomic E-state index is 13.3. The van der Waals surface area contributed by atoms with E-state index in [0.29, 0.717) is 17.1 Å². The monoisotopic (exact) mass is 440 g/mol. The number of fused-ring (bicyclic) bond motifs is 1. The molecular formula is C22H21ClN4O2S. The van der Waals surface area contributed by atoms with Gasteiger partial charge in [0.15, 0.2) is 0 Å². The number of aryl methyl sites for hydroxylation is 1. The Labute approximate surface area is 180 Å². The number of aromatic nitrogens is 2. The smallest absolute Gasteiger partial charge is 0.269 e. The van der Waals surface area contributed by atoms with Gasteiger partial charge >= 0.3 is 0 Å². The molecule has 0 amide bonds. The van der Waals surface area contributed by atoms with Gasteiger partial charge in [0.05, 0.1) is 16.2 Å². The van der Waals surface area contributed by atoms with E-state index in [9.17, 15) is 8.42 Å². The molecule has 4 aromatic rings. The van der Waals surface area contributed by atoms with Crippen molar-refractivity contribution in [3.05, 3.63) is 83.3 Å². The molecule has 8 heteroatoms. The summed E-state index contributed by atoms with van der Waals surface area (Å²) in [6, 6.07) is 14.5. The maximum absolute atomic E-state index is 13.3. The number of benzene rings is 2.